The van der Waals surface area contributed by atoms with Gasteiger partial charge in [-0.25, -0.2) is 9.79 Å². The van der Waals surface area contributed by atoms with E-state index < -0.39 is 0 Å². The number of nitrogens with one attached hydrogen (secondary N) is 2. The topological polar surface area (TPSA) is 84.4 Å². The number of urea groups is 1. The lowest BCUT2D eigenvalue weighted by atomic mass is 10.2. The van der Waals surface area contributed by atoms with Gasteiger partial charge in [0.05, 0.1) is 5.69 Å². The molecule has 0 aliphatic carbocycles. The number of aromatic nitrogens is 1. The minimum Gasteiger partial charge on any atom is -0.383 e. The number of aliphatic imine (C=N–C) groups is 1. The molecule has 29 heavy (non-hydrogen) atoms. The number of nitrogens with zero attached hydrogens (tertiary/aromatic N) is 2. The molecule has 3 aromatic carbocycles. The second-order valence-corrected chi connectivity index (χ2v) is 6.69. The predicted molar refractivity (Wildman–Crippen MR) is 119 cm³/mol. The highest BCUT2D eigenvalue weighted by Gasteiger charge is 2.07. The van der Waals surface area contributed by atoms with Gasteiger partial charge in [0.25, 0.3) is 0 Å². The molecule has 4 N–H and O–H groups in total. The monoisotopic (exact) mass is 383 g/mol. The molecule has 2 amide bonds. The van der Waals surface area contributed by atoms with Gasteiger partial charge in [-0.3, -0.25) is 0 Å². The van der Waals surface area contributed by atoms with Crippen molar-refractivity contribution < 1.29 is 4.79 Å². The Morgan fingerprint density at radius 2 is 1.66 bits per heavy atom. The molecule has 0 radical (unpaired) electrons. The number of carbonyl (C=O) groups is 1. The summed E-state index contributed by atoms with van der Waals surface area (Å²) in [5.74, 6) is 0.384. The van der Waals surface area contributed by atoms with Crippen LogP contribution in [-0.4, -0.2) is 16.4 Å². The van der Waals surface area contributed by atoms with Crippen molar-refractivity contribution in [1.29, 1.82) is 0 Å². The first-order valence-corrected chi connectivity index (χ1v) is 9.21. The highest BCUT2D eigenvalue weighted by atomic mass is 16.2. The number of amidine groups is 1. The van der Waals surface area contributed by atoms with E-state index in [1.807, 2.05) is 84.5 Å². The first-order valence-electron chi connectivity index (χ1n) is 9.21. The number of hydrogen-bond acceptors (Lipinski definition) is 2. The lowest BCUT2D eigenvalue weighted by Gasteiger charge is -2.09. The molecule has 6 heteroatoms. The second kappa shape index (κ2) is 7.90. The molecule has 4 rings (SSSR count). The van der Waals surface area contributed by atoms with Gasteiger partial charge < -0.3 is 20.9 Å². The summed E-state index contributed by atoms with van der Waals surface area (Å²) in [4.78, 5) is 16.8. The number of aryl methyl sites for hydroxylation is 1. The lowest BCUT2D eigenvalue weighted by molar-refractivity contribution is 0.262. The molecule has 1 aromatic heterocycles. The minimum absolute atomic E-state index is 0.323. The van der Waals surface area contributed by atoms with Gasteiger partial charge >= 0.3 is 6.03 Å². The zero-order chi connectivity index (χ0) is 20.2. The molecule has 1 heterocycles. The third-order valence-corrected chi connectivity index (χ3v) is 4.57. The van der Waals surface area contributed by atoms with Gasteiger partial charge in [-0.05, 0) is 48.5 Å². The van der Waals surface area contributed by atoms with E-state index in [9.17, 15) is 4.79 Å². The van der Waals surface area contributed by atoms with E-state index in [0.717, 1.165) is 27.8 Å². The fraction of sp³-hybridized carbons (Fsp3) is 0.0435. The summed E-state index contributed by atoms with van der Waals surface area (Å²) in [7, 11) is 1.99. The van der Waals surface area contributed by atoms with E-state index in [1.165, 1.54) is 0 Å². The summed E-state index contributed by atoms with van der Waals surface area (Å²) in [6, 6.07) is 24.3. The van der Waals surface area contributed by atoms with Gasteiger partial charge in [-0.2, -0.15) is 0 Å². The number of rotatable bonds is 4. The fourth-order valence-electron chi connectivity index (χ4n) is 3.12. The number of para-hydroxylation sites is 1. The molecule has 6 nitrogen and oxygen atoms in total. The van der Waals surface area contributed by atoms with Crippen LogP contribution in [0.1, 0.15) is 5.56 Å². The van der Waals surface area contributed by atoms with E-state index >= 15 is 0 Å². The third kappa shape index (κ3) is 4.27. The molecule has 0 aliphatic heterocycles. The number of nitrogens with two attached hydrogens (primary N) is 1. The molecule has 0 saturated heterocycles. The average molecular weight is 383 g/mol. The molecule has 0 aliphatic rings. The highest BCUT2D eigenvalue weighted by molar-refractivity contribution is 6.03. The van der Waals surface area contributed by atoms with Crippen molar-refractivity contribution in [3.63, 3.8) is 0 Å². The molecule has 0 spiro atoms. The zero-order valence-electron chi connectivity index (χ0n) is 16.0. The minimum atomic E-state index is -0.323. The van der Waals surface area contributed by atoms with Gasteiger partial charge in [0.15, 0.2) is 0 Å². The van der Waals surface area contributed by atoms with E-state index in [1.54, 1.807) is 12.1 Å². The lowest BCUT2D eigenvalue weighted by Crippen LogP contribution is -2.20. The van der Waals surface area contributed by atoms with E-state index in [4.69, 9.17) is 5.73 Å². The van der Waals surface area contributed by atoms with Crippen molar-refractivity contribution in [2.75, 3.05) is 10.6 Å². The molecule has 144 valence electrons. The van der Waals surface area contributed by atoms with Crippen LogP contribution in [0, 0.1) is 0 Å². The number of amides is 2. The molecule has 4 aromatic rings. The van der Waals surface area contributed by atoms with Crippen LogP contribution in [0.15, 0.2) is 90.1 Å². The Hall–Kier alpha value is -4.06. The Morgan fingerprint density at radius 3 is 2.45 bits per heavy atom. The molecule has 0 fully saturated rings. The fourth-order valence-corrected chi connectivity index (χ4v) is 3.12. The molecular weight excluding hydrogens is 362 g/mol. The van der Waals surface area contributed by atoms with Gasteiger partial charge in [-0.1, -0.05) is 30.3 Å². The quantitative estimate of drug-likeness (QED) is 0.347. The standard InChI is InChI=1S/C23H21N5O/c1-28-13-12-16-14-20(10-11-21(16)28)27-23(29)26-19-9-5-6-17(15-19)22(24)25-18-7-3-2-4-8-18/h2-15H,1H3,(H2,24,25)(H2,26,27,29). The van der Waals surface area contributed by atoms with Crippen LogP contribution in [0.2, 0.25) is 0 Å². The molecular formula is C23H21N5O. The Balaban J connectivity index is 1.46. The van der Waals surface area contributed by atoms with E-state index in [-0.39, 0.29) is 6.03 Å². The summed E-state index contributed by atoms with van der Waals surface area (Å²) in [5, 5.41) is 6.76. The number of benzene rings is 3. The number of fused-ring (bicyclic) bond motifs is 1. The van der Waals surface area contributed by atoms with Crippen LogP contribution in [0.5, 0.6) is 0 Å². The Morgan fingerprint density at radius 1 is 0.897 bits per heavy atom. The van der Waals surface area contributed by atoms with Crippen LogP contribution in [0.4, 0.5) is 21.9 Å². The summed E-state index contributed by atoms with van der Waals surface area (Å²) in [5.41, 5.74) is 10.1. The zero-order valence-corrected chi connectivity index (χ0v) is 16.0. The molecule has 0 bridgehead atoms. The molecule has 0 saturated carbocycles. The van der Waals surface area contributed by atoms with E-state index in [0.29, 0.717) is 11.5 Å². The number of anilines is 2. The first kappa shape index (κ1) is 18.3. The predicted octanol–water partition coefficient (Wildman–Crippen LogP) is 4.86. The normalized spacial score (nSPS) is 11.4. The number of carbonyl (C=O) groups excluding carboxylic acids is 1. The van der Waals surface area contributed by atoms with Crippen molar-refractivity contribution >= 4 is 39.8 Å². The van der Waals surface area contributed by atoms with Crippen LogP contribution < -0.4 is 16.4 Å². The Bertz CT molecular complexity index is 1190. The highest BCUT2D eigenvalue weighted by Crippen LogP contribution is 2.20. The Kier molecular flexibility index (Phi) is 4.99. The summed E-state index contributed by atoms with van der Waals surface area (Å²) >= 11 is 0. The van der Waals surface area contributed by atoms with Gasteiger partial charge in [-0.15, -0.1) is 0 Å². The maximum Gasteiger partial charge on any atom is 0.323 e. The third-order valence-electron chi connectivity index (χ3n) is 4.57. The summed E-state index contributed by atoms with van der Waals surface area (Å²) in [6.07, 6.45) is 1.99. The second-order valence-electron chi connectivity index (χ2n) is 6.69. The molecule has 0 unspecified atom stereocenters. The largest absolute Gasteiger partial charge is 0.383 e. The van der Waals surface area contributed by atoms with Gasteiger partial charge in [0.2, 0.25) is 0 Å². The van der Waals surface area contributed by atoms with Gasteiger partial charge in [0.1, 0.15) is 5.84 Å². The average Bonchev–Trinajstić information content (AvgIpc) is 3.09. The van der Waals surface area contributed by atoms with Crippen LogP contribution in [0.25, 0.3) is 10.9 Å². The summed E-state index contributed by atoms with van der Waals surface area (Å²) < 4.78 is 2.03. The van der Waals surface area contributed by atoms with Crippen molar-refractivity contribution in [1.82, 2.24) is 4.57 Å². The first-order chi connectivity index (χ1) is 14.1. The molecule has 0 atom stereocenters. The van der Waals surface area contributed by atoms with Crippen molar-refractivity contribution in [2.45, 2.75) is 0 Å². The smallest absolute Gasteiger partial charge is 0.323 e. The SMILES string of the molecule is Cn1ccc2cc(NC(=O)Nc3cccc(C(N)=Nc4ccccc4)c3)ccc21. The van der Waals surface area contributed by atoms with Gasteiger partial charge in [0, 0.05) is 41.1 Å². The maximum absolute atomic E-state index is 12.4. The maximum atomic E-state index is 12.4. The Labute approximate surface area is 168 Å². The van der Waals surface area contributed by atoms with Crippen molar-refractivity contribution in [3.05, 3.63) is 90.6 Å². The van der Waals surface area contributed by atoms with Crippen LogP contribution in [0.3, 0.4) is 0 Å². The van der Waals surface area contributed by atoms with Crippen LogP contribution >= 0.6 is 0 Å². The van der Waals surface area contributed by atoms with Crippen LogP contribution in [-0.2, 0) is 7.05 Å². The number of hydrogen-bond donors (Lipinski definition) is 3. The van der Waals surface area contributed by atoms with Crippen molar-refractivity contribution in [3.8, 4) is 0 Å². The van der Waals surface area contributed by atoms with E-state index in [2.05, 4.69) is 15.6 Å². The van der Waals surface area contributed by atoms with Crippen molar-refractivity contribution in [2.24, 2.45) is 17.8 Å². The summed E-state index contributed by atoms with van der Waals surface area (Å²) in [6.45, 7) is 0.